The Labute approximate surface area is 147 Å². The number of aromatic nitrogens is 2. The fourth-order valence-corrected chi connectivity index (χ4v) is 5.05. The third kappa shape index (κ3) is 4.05. The molecule has 2 aromatic heterocycles. The van der Waals surface area contributed by atoms with Crippen LogP contribution in [0, 0.1) is 13.8 Å². The molecule has 0 saturated carbocycles. The first-order chi connectivity index (χ1) is 11.1. The van der Waals surface area contributed by atoms with Crippen molar-refractivity contribution in [2.45, 2.75) is 58.1 Å². The average molecular weight is 372 g/mol. The van der Waals surface area contributed by atoms with Gasteiger partial charge in [0.25, 0.3) is 0 Å². The third-order valence-corrected chi connectivity index (χ3v) is 6.80. The lowest BCUT2D eigenvalue weighted by molar-refractivity contribution is 0.203. The van der Waals surface area contributed by atoms with Crippen LogP contribution in [-0.2, 0) is 16.4 Å². The molecule has 0 unspecified atom stereocenters. The van der Waals surface area contributed by atoms with Crippen molar-refractivity contribution in [2.24, 2.45) is 0 Å². The van der Waals surface area contributed by atoms with E-state index in [2.05, 4.69) is 9.82 Å². The molecule has 0 aromatic carbocycles. The zero-order valence-electron chi connectivity index (χ0n) is 14.7. The number of hydrogen-bond donors (Lipinski definition) is 2. The minimum atomic E-state index is -3.59. The second kappa shape index (κ2) is 7.35. The molecule has 0 spiro atoms. The lowest BCUT2D eigenvalue weighted by Crippen LogP contribution is -2.26. The first-order valence-corrected chi connectivity index (χ1v) is 10.3. The maximum absolute atomic E-state index is 12.6. The van der Waals surface area contributed by atoms with Crippen LogP contribution in [0.5, 0.6) is 0 Å². The Bertz CT molecular complexity index is 805. The summed E-state index contributed by atoms with van der Waals surface area (Å²) in [4.78, 5) is 2.20. The quantitative estimate of drug-likeness (QED) is 0.784. The molecule has 2 N–H and O–H groups in total. The predicted molar refractivity (Wildman–Crippen MR) is 95.9 cm³/mol. The zero-order valence-corrected chi connectivity index (χ0v) is 16.3. The van der Waals surface area contributed by atoms with Crippen molar-refractivity contribution < 1.29 is 13.5 Å². The standard InChI is InChI=1S/C16H25N3O3S2/c1-10(2)19-12(4)16(11(3)18-19)24(21,22)17-9-8-14-6-7-15(23-14)13(5)20/h6-7,10,13,17,20H,8-9H2,1-5H3/t13-/m0/s1. The Hall–Kier alpha value is -1.22. The molecule has 134 valence electrons. The number of nitrogens with one attached hydrogen (secondary N) is 1. The van der Waals surface area contributed by atoms with Crippen LogP contribution in [0.2, 0.25) is 0 Å². The van der Waals surface area contributed by atoms with Crippen molar-refractivity contribution in [3.8, 4) is 0 Å². The lowest BCUT2D eigenvalue weighted by atomic mass is 10.3. The van der Waals surface area contributed by atoms with Crippen LogP contribution < -0.4 is 4.72 Å². The normalized spacial score (nSPS) is 13.6. The molecular weight excluding hydrogens is 346 g/mol. The highest BCUT2D eigenvalue weighted by Crippen LogP contribution is 2.24. The smallest absolute Gasteiger partial charge is 0.244 e. The van der Waals surface area contributed by atoms with Gasteiger partial charge in [-0.15, -0.1) is 11.3 Å². The highest BCUT2D eigenvalue weighted by atomic mass is 32.2. The summed E-state index contributed by atoms with van der Waals surface area (Å²) in [5.74, 6) is 0. The number of thiophene rings is 1. The molecule has 24 heavy (non-hydrogen) atoms. The minimum Gasteiger partial charge on any atom is -0.388 e. The SMILES string of the molecule is Cc1nn(C(C)C)c(C)c1S(=O)(=O)NCCc1ccc([C@H](C)O)s1. The summed E-state index contributed by atoms with van der Waals surface area (Å²) >= 11 is 1.50. The van der Waals surface area contributed by atoms with Gasteiger partial charge in [0.1, 0.15) is 4.90 Å². The van der Waals surface area contributed by atoms with Crippen molar-refractivity contribution in [3.63, 3.8) is 0 Å². The molecule has 2 heterocycles. The molecule has 2 aromatic rings. The van der Waals surface area contributed by atoms with Gasteiger partial charge in [0.2, 0.25) is 10.0 Å². The van der Waals surface area contributed by atoms with E-state index >= 15 is 0 Å². The van der Waals surface area contributed by atoms with Crippen LogP contribution in [0.15, 0.2) is 17.0 Å². The highest BCUT2D eigenvalue weighted by molar-refractivity contribution is 7.89. The minimum absolute atomic E-state index is 0.109. The first kappa shape index (κ1) is 19.1. The molecule has 0 bridgehead atoms. The van der Waals surface area contributed by atoms with Gasteiger partial charge >= 0.3 is 0 Å². The van der Waals surface area contributed by atoms with Crippen molar-refractivity contribution in [2.75, 3.05) is 6.54 Å². The van der Waals surface area contributed by atoms with E-state index in [4.69, 9.17) is 0 Å². The molecular formula is C16H25N3O3S2. The number of rotatable bonds is 7. The molecule has 0 aliphatic carbocycles. The Morgan fingerprint density at radius 1 is 1.29 bits per heavy atom. The number of aryl methyl sites for hydroxylation is 1. The highest BCUT2D eigenvalue weighted by Gasteiger charge is 2.25. The Kier molecular flexibility index (Phi) is 5.85. The van der Waals surface area contributed by atoms with Gasteiger partial charge in [0.05, 0.1) is 17.5 Å². The molecule has 0 saturated heterocycles. The molecule has 6 nitrogen and oxygen atoms in total. The van der Waals surface area contributed by atoms with Crippen LogP contribution in [0.1, 0.15) is 54.1 Å². The average Bonchev–Trinajstić information content (AvgIpc) is 3.03. The molecule has 0 aliphatic heterocycles. The van der Waals surface area contributed by atoms with Crippen LogP contribution in [0.3, 0.4) is 0 Å². The number of aliphatic hydroxyl groups is 1. The van der Waals surface area contributed by atoms with E-state index in [1.807, 2.05) is 26.0 Å². The van der Waals surface area contributed by atoms with Crippen LogP contribution in [0.4, 0.5) is 0 Å². The molecule has 0 fully saturated rings. The van der Waals surface area contributed by atoms with Gasteiger partial charge in [-0.2, -0.15) is 5.10 Å². The topological polar surface area (TPSA) is 84.2 Å². The predicted octanol–water partition coefficient (Wildman–Crippen LogP) is 2.72. The number of nitrogens with zero attached hydrogens (tertiary/aromatic N) is 2. The van der Waals surface area contributed by atoms with Gasteiger partial charge in [-0.05, 0) is 53.2 Å². The van der Waals surface area contributed by atoms with E-state index in [0.717, 1.165) is 9.75 Å². The van der Waals surface area contributed by atoms with Gasteiger partial charge < -0.3 is 5.11 Å². The van der Waals surface area contributed by atoms with Gasteiger partial charge in [0, 0.05) is 22.3 Å². The summed E-state index contributed by atoms with van der Waals surface area (Å²) in [5, 5.41) is 13.9. The monoisotopic (exact) mass is 371 g/mol. The maximum Gasteiger partial charge on any atom is 0.244 e. The van der Waals surface area contributed by atoms with Crippen LogP contribution in [0.25, 0.3) is 0 Å². The van der Waals surface area contributed by atoms with E-state index in [-0.39, 0.29) is 10.9 Å². The molecule has 0 radical (unpaired) electrons. The fraction of sp³-hybridized carbons (Fsp3) is 0.562. The van der Waals surface area contributed by atoms with E-state index < -0.39 is 16.1 Å². The van der Waals surface area contributed by atoms with E-state index in [1.54, 1.807) is 25.5 Å². The fourth-order valence-electron chi connectivity index (χ4n) is 2.67. The van der Waals surface area contributed by atoms with E-state index in [9.17, 15) is 13.5 Å². The van der Waals surface area contributed by atoms with Gasteiger partial charge in [0.15, 0.2) is 0 Å². The number of sulfonamides is 1. The number of hydrogen-bond acceptors (Lipinski definition) is 5. The molecule has 0 aliphatic rings. The number of aliphatic hydroxyl groups excluding tert-OH is 1. The summed E-state index contributed by atoms with van der Waals surface area (Å²) < 4.78 is 29.6. The van der Waals surface area contributed by atoms with Crippen molar-refractivity contribution >= 4 is 21.4 Å². The largest absolute Gasteiger partial charge is 0.388 e. The van der Waals surface area contributed by atoms with E-state index in [1.165, 1.54) is 11.3 Å². The summed E-state index contributed by atoms with van der Waals surface area (Å²) in [6.45, 7) is 9.47. The summed E-state index contributed by atoms with van der Waals surface area (Å²) in [6.07, 6.45) is 0.0974. The van der Waals surface area contributed by atoms with Gasteiger partial charge in [-0.3, -0.25) is 4.68 Å². The van der Waals surface area contributed by atoms with Crippen molar-refractivity contribution in [1.82, 2.24) is 14.5 Å². The molecule has 8 heteroatoms. The lowest BCUT2D eigenvalue weighted by Gasteiger charge is -2.09. The maximum atomic E-state index is 12.6. The Morgan fingerprint density at radius 3 is 2.46 bits per heavy atom. The van der Waals surface area contributed by atoms with Crippen molar-refractivity contribution in [3.05, 3.63) is 33.3 Å². The first-order valence-electron chi connectivity index (χ1n) is 7.95. The second-order valence-corrected chi connectivity index (χ2v) is 9.07. The Morgan fingerprint density at radius 2 is 1.96 bits per heavy atom. The second-order valence-electron chi connectivity index (χ2n) is 6.17. The summed E-state index contributed by atoms with van der Waals surface area (Å²) in [6, 6.07) is 3.91. The van der Waals surface area contributed by atoms with E-state index in [0.29, 0.717) is 24.4 Å². The van der Waals surface area contributed by atoms with Crippen LogP contribution >= 0.6 is 11.3 Å². The van der Waals surface area contributed by atoms with Crippen molar-refractivity contribution in [1.29, 1.82) is 0 Å². The zero-order chi connectivity index (χ0) is 18.1. The summed E-state index contributed by atoms with van der Waals surface area (Å²) in [7, 11) is -3.59. The van der Waals surface area contributed by atoms with Gasteiger partial charge in [-0.25, -0.2) is 13.1 Å². The van der Waals surface area contributed by atoms with Crippen LogP contribution in [-0.4, -0.2) is 29.8 Å². The molecule has 2 rings (SSSR count). The van der Waals surface area contributed by atoms with Gasteiger partial charge in [-0.1, -0.05) is 0 Å². The molecule has 0 amide bonds. The summed E-state index contributed by atoms with van der Waals surface area (Å²) in [5.41, 5.74) is 1.17. The Balaban J connectivity index is 2.09. The third-order valence-electron chi connectivity index (χ3n) is 3.77. The molecule has 1 atom stereocenters.